The van der Waals surface area contributed by atoms with Gasteiger partial charge in [-0.1, -0.05) is 0 Å². The van der Waals surface area contributed by atoms with E-state index >= 15 is 0 Å². The summed E-state index contributed by atoms with van der Waals surface area (Å²) in [5.41, 5.74) is 7.25. The molecule has 0 saturated carbocycles. The molecule has 16 heteroatoms. The predicted octanol–water partition coefficient (Wildman–Crippen LogP) is 2.48. The minimum Gasteiger partial charge on any atom is -0.479 e. The van der Waals surface area contributed by atoms with Gasteiger partial charge in [0.2, 0.25) is 5.28 Å². The molecule has 38 heavy (non-hydrogen) atoms. The molecule has 4 rings (SSSR count). The number of carboxylic acids is 1. The number of halogens is 1. The van der Waals surface area contributed by atoms with E-state index in [1.165, 1.54) is 6.33 Å². The molecule has 0 amide bonds. The van der Waals surface area contributed by atoms with Gasteiger partial charge in [0.25, 0.3) is 5.34 Å². The number of nitrogens with zero attached hydrogens (tertiary/aromatic N) is 4. The van der Waals surface area contributed by atoms with Gasteiger partial charge in [0.15, 0.2) is 17.7 Å². The molecule has 3 N–H and O–H groups in total. The summed E-state index contributed by atoms with van der Waals surface area (Å²) in [6.07, 6.45) is -0.910. The van der Waals surface area contributed by atoms with Crippen molar-refractivity contribution >= 4 is 36.3 Å². The third-order valence-corrected chi connectivity index (χ3v) is 9.02. The fourth-order valence-electron chi connectivity index (χ4n) is 4.59. The maximum absolute atomic E-state index is 13.4. The van der Waals surface area contributed by atoms with Crippen molar-refractivity contribution in [3.05, 3.63) is 17.3 Å². The summed E-state index contributed by atoms with van der Waals surface area (Å²) < 4.78 is 50.0. The summed E-state index contributed by atoms with van der Waals surface area (Å²) in [5.74, 6) is -2.47. The van der Waals surface area contributed by atoms with Crippen molar-refractivity contribution in [2.45, 2.75) is 76.7 Å². The highest BCUT2D eigenvalue weighted by Crippen LogP contribution is 2.61. The highest BCUT2D eigenvalue weighted by molar-refractivity contribution is 7.56. The van der Waals surface area contributed by atoms with Gasteiger partial charge in [-0.25, -0.2) is 14.8 Å². The van der Waals surface area contributed by atoms with Gasteiger partial charge in [-0.05, 0) is 52.8 Å². The van der Waals surface area contributed by atoms with Crippen LogP contribution in [0.3, 0.4) is 0 Å². The zero-order valence-corrected chi connectivity index (χ0v) is 23.5. The summed E-state index contributed by atoms with van der Waals surface area (Å²) in [6, 6.07) is 0. The number of hydrogen-bond donors (Lipinski definition) is 2. The van der Waals surface area contributed by atoms with Crippen molar-refractivity contribution in [1.82, 2.24) is 19.5 Å². The monoisotopic (exact) mass is 577 g/mol. The van der Waals surface area contributed by atoms with Gasteiger partial charge in [-0.2, -0.15) is 4.98 Å². The van der Waals surface area contributed by atoms with Crippen LogP contribution in [0.1, 0.15) is 46.5 Å². The number of carboxylic acid groups (broad SMARTS) is 1. The van der Waals surface area contributed by atoms with Gasteiger partial charge in [0.05, 0.1) is 31.8 Å². The van der Waals surface area contributed by atoms with Gasteiger partial charge in [0.1, 0.15) is 23.8 Å². The van der Waals surface area contributed by atoms with Crippen LogP contribution >= 0.6 is 19.2 Å². The van der Waals surface area contributed by atoms with Crippen molar-refractivity contribution in [2.75, 3.05) is 26.4 Å². The first-order valence-corrected chi connectivity index (χ1v) is 14.2. The van der Waals surface area contributed by atoms with E-state index in [0.29, 0.717) is 29.8 Å². The predicted molar refractivity (Wildman–Crippen MR) is 134 cm³/mol. The fourth-order valence-corrected chi connectivity index (χ4v) is 6.48. The molecule has 2 aromatic rings. The number of nitrogens with two attached hydrogens (primary N) is 1. The number of imidazole rings is 1. The Hall–Kier alpha value is -1.74. The summed E-state index contributed by atoms with van der Waals surface area (Å²) in [5, 5.41) is 7.71. The van der Waals surface area contributed by atoms with Crippen molar-refractivity contribution in [3.8, 4) is 0 Å². The Balaban J connectivity index is 1.66. The van der Waals surface area contributed by atoms with E-state index in [1.54, 1.807) is 32.3 Å². The van der Waals surface area contributed by atoms with Crippen molar-refractivity contribution in [3.63, 3.8) is 0 Å². The lowest BCUT2D eigenvalue weighted by molar-refractivity contribution is -0.206. The quantitative estimate of drug-likeness (QED) is 0.278. The van der Waals surface area contributed by atoms with E-state index in [2.05, 4.69) is 15.0 Å². The number of aliphatic carboxylic acids is 1. The molecule has 212 valence electrons. The summed E-state index contributed by atoms with van der Waals surface area (Å²) in [4.78, 5) is 25.3. The van der Waals surface area contributed by atoms with Crippen LogP contribution in [-0.2, 0) is 43.8 Å². The number of rotatable bonds is 12. The van der Waals surface area contributed by atoms with Crippen LogP contribution in [-0.4, -0.2) is 86.4 Å². The van der Waals surface area contributed by atoms with E-state index in [9.17, 15) is 14.5 Å². The molecule has 14 nitrogen and oxygen atoms in total. The van der Waals surface area contributed by atoms with Gasteiger partial charge >= 0.3 is 13.6 Å². The molecular weight excluding hydrogens is 545 g/mol. The first-order chi connectivity index (χ1) is 17.9. The molecule has 4 heterocycles. The molecule has 0 spiro atoms. The fraction of sp³-hybridized carbons (Fsp3) is 0.727. The zero-order valence-electron chi connectivity index (χ0n) is 21.8. The molecular formula is C22H33ClN5O9P. The van der Waals surface area contributed by atoms with Crippen molar-refractivity contribution in [2.24, 2.45) is 5.73 Å². The molecule has 1 unspecified atom stereocenters. The SMILES string of the molecule is CCOP(=O)(OCC)C(C)(OC[C@H]1O[C@@H](n2cnc3c(CCN)nc(Cl)nc32)[C@@H]2OC(C)(C)O[C@@H]21)C(=O)O. The second-order valence-electron chi connectivity index (χ2n) is 9.36. The number of aromatic nitrogens is 4. The van der Waals surface area contributed by atoms with Gasteiger partial charge in [-0.15, -0.1) is 0 Å². The maximum atomic E-state index is 13.4. The first-order valence-electron chi connectivity index (χ1n) is 12.3. The Morgan fingerprint density at radius 1 is 1.26 bits per heavy atom. The molecule has 0 aromatic carbocycles. The summed E-state index contributed by atoms with van der Waals surface area (Å²) >= 11 is 6.18. The molecule has 0 bridgehead atoms. The van der Waals surface area contributed by atoms with E-state index in [4.69, 9.17) is 45.3 Å². The lowest BCUT2D eigenvalue weighted by Crippen LogP contribution is -2.43. The van der Waals surface area contributed by atoms with Gasteiger partial charge in [-0.3, -0.25) is 9.13 Å². The standard InChI is InChI=1S/C22H33ClN5O9P/c1-6-33-38(31,34-7-2)22(5,19(29)30)32-10-13-15-16(37-21(3,4)36-15)18(35-13)28-11-25-14-12(8-9-24)26-20(23)27-17(14)28/h11,13,15-16,18H,6-10,24H2,1-5H3,(H,29,30)/t13-,15-,16-,18-,22?/m1/s1. The number of carbonyl (C=O) groups is 1. The molecule has 0 radical (unpaired) electrons. The van der Waals surface area contributed by atoms with Gasteiger partial charge < -0.3 is 38.8 Å². The minimum atomic E-state index is -4.23. The molecule has 2 fully saturated rings. The van der Waals surface area contributed by atoms with Crippen molar-refractivity contribution < 1.29 is 42.5 Å². The largest absolute Gasteiger partial charge is 0.479 e. The Morgan fingerprint density at radius 2 is 1.92 bits per heavy atom. The second kappa shape index (κ2) is 11.0. The normalized spacial score (nSPS) is 26.5. The molecule has 2 aliphatic rings. The Bertz CT molecular complexity index is 1220. The van der Waals surface area contributed by atoms with E-state index in [1.807, 2.05) is 0 Å². The van der Waals surface area contributed by atoms with E-state index in [0.717, 1.165) is 6.92 Å². The maximum Gasteiger partial charge on any atom is 0.373 e. The van der Waals surface area contributed by atoms with Crippen LogP contribution < -0.4 is 5.73 Å². The van der Waals surface area contributed by atoms with Crippen LogP contribution in [0.15, 0.2) is 6.33 Å². The second-order valence-corrected chi connectivity index (χ2v) is 12.1. The van der Waals surface area contributed by atoms with Crippen LogP contribution in [0.5, 0.6) is 0 Å². The number of hydrogen-bond acceptors (Lipinski definition) is 12. The average Bonchev–Trinajstić information content (AvgIpc) is 3.48. The van der Waals surface area contributed by atoms with Crippen molar-refractivity contribution in [1.29, 1.82) is 0 Å². The lowest BCUT2D eigenvalue weighted by Gasteiger charge is -2.33. The number of fused-ring (bicyclic) bond motifs is 2. The topological polar surface area (TPSA) is 179 Å². The third-order valence-electron chi connectivity index (χ3n) is 6.29. The molecule has 5 atom stereocenters. The highest BCUT2D eigenvalue weighted by Gasteiger charge is 2.59. The average molecular weight is 578 g/mol. The molecule has 0 aliphatic carbocycles. The first kappa shape index (κ1) is 29.2. The lowest BCUT2D eigenvalue weighted by atomic mass is 10.1. The molecule has 2 aromatic heterocycles. The Morgan fingerprint density at radius 3 is 2.53 bits per heavy atom. The van der Waals surface area contributed by atoms with Crippen LogP contribution in [0.25, 0.3) is 11.2 Å². The Labute approximate surface area is 224 Å². The van der Waals surface area contributed by atoms with E-state index < -0.39 is 49.2 Å². The number of ether oxygens (including phenoxy) is 4. The highest BCUT2D eigenvalue weighted by atomic mass is 35.5. The molecule has 2 aliphatic heterocycles. The summed E-state index contributed by atoms with van der Waals surface area (Å²) in [7, 11) is -4.23. The summed E-state index contributed by atoms with van der Waals surface area (Å²) in [6.45, 7) is 7.79. The molecule has 2 saturated heterocycles. The van der Waals surface area contributed by atoms with E-state index in [-0.39, 0.29) is 25.1 Å². The Kier molecular flexibility index (Phi) is 8.49. The minimum absolute atomic E-state index is 0.0286. The van der Waals surface area contributed by atoms with Crippen LogP contribution in [0.2, 0.25) is 5.28 Å². The van der Waals surface area contributed by atoms with Crippen LogP contribution in [0.4, 0.5) is 0 Å². The van der Waals surface area contributed by atoms with Gasteiger partial charge in [0, 0.05) is 6.42 Å². The third kappa shape index (κ3) is 5.21. The smallest absolute Gasteiger partial charge is 0.373 e. The zero-order chi connectivity index (χ0) is 27.9. The van der Waals surface area contributed by atoms with Crippen LogP contribution in [0, 0.1) is 0 Å².